The maximum absolute atomic E-state index is 12.3. The number of aromatic nitrogens is 2. The lowest BCUT2D eigenvalue weighted by Crippen LogP contribution is -2.23. The molecule has 0 atom stereocenters. The van der Waals surface area contributed by atoms with Crippen LogP contribution in [0.25, 0.3) is 0 Å². The lowest BCUT2D eigenvalue weighted by molar-refractivity contribution is -0.154. The Morgan fingerprint density at radius 1 is 1.17 bits per heavy atom. The van der Waals surface area contributed by atoms with Gasteiger partial charge in [0, 0.05) is 36.5 Å². The first-order chi connectivity index (χ1) is 13.7. The molecule has 156 valence electrons. The van der Waals surface area contributed by atoms with E-state index in [1.54, 1.807) is 19.9 Å². The van der Waals surface area contributed by atoms with E-state index >= 15 is 0 Å². The van der Waals surface area contributed by atoms with E-state index in [9.17, 15) is 22.8 Å². The first kappa shape index (κ1) is 22.1. The summed E-state index contributed by atoms with van der Waals surface area (Å²) in [5.74, 6) is -0.424. The summed E-state index contributed by atoms with van der Waals surface area (Å²) in [5.41, 5.74) is 1.43. The fourth-order valence-corrected chi connectivity index (χ4v) is 2.33. The van der Waals surface area contributed by atoms with Crippen LogP contribution in [0.4, 0.5) is 19.0 Å². The SMILES string of the molecule is CCC(=O)Nc1cc(C(=O)NCc2cnc(OCC(F)(F)F)c(CC)c2)ccn1. The summed E-state index contributed by atoms with van der Waals surface area (Å²) in [4.78, 5) is 31.7. The molecule has 2 aromatic rings. The molecule has 0 bridgehead atoms. The summed E-state index contributed by atoms with van der Waals surface area (Å²) in [6.07, 6.45) is -0.978. The van der Waals surface area contributed by atoms with E-state index in [0.29, 0.717) is 23.1 Å². The van der Waals surface area contributed by atoms with E-state index < -0.39 is 18.7 Å². The number of halogens is 3. The molecule has 29 heavy (non-hydrogen) atoms. The Morgan fingerprint density at radius 2 is 1.93 bits per heavy atom. The van der Waals surface area contributed by atoms with Crippen molar-refractivity contribution in [2.45, 2.75) is 39.4 Å². The van der Waals surface area contributed by atoms with Crippen molar-refractivity contribution in [3.63, 3.8) is 0 Å². The molecule has 10 heteroatoms. The van der Waals surface area contributed by atoms with Crippen molar-refractivity contribution in [3.05, 3.63) is 47.3 Å². The Balaban J connectivity index is 2.01. The van der Waals surface area contributed by atoms with Gasteiger partial charge in [-0.05, 0) is 30.2 Å². The standard InChI is InChI=1S/C19H21F3N4O3/c1-3-13-7-12(10-25-18(13)29-11-19(20,21)22)9-24-17(28)14-5-6-23-15(8-14)26-16(27)4-2/h5-8,10H,3-4,9,11H2,1-2H3,(H,24,28)(H,23,26,27). The van der Waals surface area contributed by atoms with Crippen LogP contribution in [0, 0.1) is 0 Å². The maximum atomic E-state index is 12.3. The van der Waals surface area contributed by atoms with E-state index in [2.05, 4.69) is 20.6 Å². The molecule has 0 saturated heterocycles. The highest BCUT2D eigenvalue weighted by atomic mass is 19.4. The average molecular weight is 410 g/mol. The van der Waals surface area contributed by atoms with Crippen LogP contribution in [0.15, 0.2) is 30.6 Å². The predicted molar refractivity (Wildman–Crippen MR) is 99.5 cm³/mol. The summed E-state index contributed by atoms with van der Waals surface area (Å²) in [6.45, 7) is 2.17. The highest BCUT2D eigenvalue weighted by Crippen LogP contribution is 2.21. The first-order valence-corrected chi connectivity index (χ1v) is 8.93. The second kappa shape index (κ2) is 9.85. The molecule has 7 nitrogen and oxygen atoms in total. The Bertz CT molecular complexity index is 872. The zero-order valence-corrected chi connectivity index (χ0v) is 16.0. The molecule has 2 amide bonds. The second-order valence-electron chi connectivity index (χ2n) is 6.08. The number of ether oxygens (including phenoxy) is 1. The number of alkyl halides is 3. The van der Waals surface area contributed by atoms with Crippen LogP contribution in [-0.2, 0) is 17.8 Å². The molecule has 0 aliphatic carbocycles. The molecule has 0 saturated carbocycles. The van der Waals surface area contributed by atoms with E-state index in [-0.39, 0.29) is 30.6 Å². The zero-order chi connectivity index (χ0) is 21.4. The maximum Gasteiger partial charge on any atom is 0.422 e. The highest BCUT2D eigenvalue weighted by Gasteiger charge is 2.29. The van der Waals surface area contributed by atoms with Crippen LogP contribution in [-0.4, -0.2) is 34.6 Å². The molecule has 2 N–H and O–H groups in total. The van der Waals surface area contributed by atoms with Crippen LogP contribution in [0.5, 0.6) is 5.88 Å². The molecule has 2 rings (SSSR count). The Morgan fingerprint density at radius 3 is 2.59 bits per heavy atom. The molecule has 2 aromatic heterocycles. The highest BCUT2D eigenvalue weighted by molar-refractivity contribution is 5.96. The number of carbonyl (C=O) groups excluding carboxylic acids is 2. The summed E-state index contributed by atoms with van der Waals surface area (Å²) >= 11 is 0. The van der Waals surface area contributed by atoms with Gasteiger partial charge in [-0.25, -0.2) is 9.97 Å². The van der Waals surface area contributed by atoms with Gasteiger partial charge in [0.1, 0.15) is 5.82 Å². The molecule has 2 heterocycles. The van der Waals surface area contributed by atoms with Gasteiger partial charge < -0.3 is 15.4 Å². The number of pyridine rings is 2. The molecule has 0 spiro atoms. The summed E-state index contributed by atoms with van der Waals surface area (Å²) < 4.78 is 41.7. The molecule has 0 radical (unpaired) electrons. The lowest BCUT2D eigenvalue weighted by Gasteiger charge is -2.13. The Labute approximate surface area is 165 Å². The van der Waals surface area contributed by atoms with E-state index in [4.69, 9.17) is 4.74 Å². The average Bonchev–Trinajstić information content (AvgIpc) is 2.70. The Hall–Kier alpha value is -3.17. The van der Waals surface area contributed by atoms with Gasteiger partial charge in [-0.3, -0.25) is 9.59 Å². The van der Waals surface area contributed by atoms with Gasteiger partial charge in [-0.15, -0.1) is 0 Å². The third-order valence-corrected chi connectivity index (χ3v) is 3.80. The molecular weight excluding hydrogens is 389 g/mol. The number of nitrogens with zero attached hydrogens (tertiary/aromatic N) is 2. The molecule has 0 fully saturated rings. The van der Waals surface area contributed by atoms with Crippen molar-refractivity contribution < 1.29 is 27.5 Å². The molecule has 0 aliphatic heterocycles. The van der Waals surface area contributed by atoms with Gasteiger partial charge in [0.2, 0.25) is 11.8 Å². The summed E-state index contributed by atoms with van der Waals surface area (Å²) in [7, 11) is 0. The smallest absolute Gasteiger partial charge is 0.422 e. The quantitative estimate of drug-likeness (QED) is 0.697. The second-order valence-corrected chi connectivity index (χ2v) is 6.08. The van der Waals surface area contributed by atoms with E-state index in [0.717, 1.165) is 0 Å². The predicted octanol–water partition coefficient (Wildman–Crippen LogP) is 3.26. The van der Waals surface area contributed by atoms with Crippen molar-refractivity contribution in [3.8, 4) is 5.88 Å². The van der Waals surface area contributed by atoms with Crippen molar-refractivity contribution in [1.29, 1.82) is 0 Å². The van der Waals surface area contributed by atoms with E-state index in [1.165, 1.54) is 24.5 Å². The number of amides is 2. The number of hydrogen-bond acceptors (Lipinski definition) is 5. The molecule has 0 aromatic carbocycles. The van der Waals surface area contributed by atoms with Gasteiger partial charge in [0.05, 0.1) is 0 Å². The van der Waals surface area contributed by atoms with Crippen LogP contribution < -0.4 is 15.4 Å². The minimum absolute atomic E-state index is 0.0784. The largest absolute Gasteiger partial charge is 0.468 e. The normalized spacial score (nSPS) is 11.1. The van der Waals surface area contributed by atoms with Crippen molar-refractivity contribution in [2.75, 3.05) is 11.9 Å². The first-order valence-electron chi connectivity index (χ1n) is 8.93. The number of anilines is 1. The van der Waals surface area contributed by atoms with Crippen LogP contribution in [0.2, 0.25) is 0 Å². The van der Waals surface area contributed by atoms with Gasteiger partial charge in [0.25, 0.3) is 5.91 Å². The number of hydrogen-bond donors (Lipinski definition) is 2. The monoisotopic (exact) mass is 410 g/mol. The third kappa shape index (κ3) is 7.05. The number of carbonyl (C=O) groups is 2. The number of nitrogens with one attached hydrogen (secondary N) is 2. The van der Waals surface area contributed by atoms with Crippen LogP contribution >= 0.6 is 0 Å². The summed E-state index contributed by atoms with van der Waals surface area (Å²) in [6, 6.07) is 4.59. The topological polar surface area (TPSA) is 93.2 Å². The zero-order valence-electron chi connectivity index (χ0n) is 16.0. The molecule has 0 aliphatic rings. The van der Waals surface area contributed by atoms with E-state index in [1.807, 2.05) is 0 Å². The summed E-state index contributed by atoms with van der Waals surface area (Å²) in [5, 5.41) is 5.27. The van der Waals surface area contributed by atoms with Gasteiger partial charge in [-0.2, -0.15) is 13.2 Å². The lowest BCUT2D eigenvalue weighted by atomic mass is 10.1. The number of rotatable bonds is 8. The van der Waals surface area contributed by atoms with Crippen molar-refractivity contribution >= 4 is 17.6 Å². The minimum atomic E-state index is -4.45. The van der Waals surface area contributed by atoms with Gasteiger partial charge >= 0.3 is 6.18 Å². The van der Waals surface area contributed by atoms with Crippen LogP contribution in [0.3, 0.4) is 0 Å². The van der Waals surface area contributed by atoms with Crippen molar-refractivity contribution in [1.82, 2.24) is 15.3 Å². The van der Waals surface area contributed by atoms with Gasteiger partial charge in [0.15, 0.2) is 6.61 Å². The number of aryl methyl sites for hydroxylation is 1. The fourth-order valence-electron chi connectivity index (χ4n) is 2.33. The molecule has 0 unspecified atom stereocenters. The third-order valence-electron chi connectivity index (χ3n) is 3.80. The Kier molecular flexibility index (Phi) is 7.52. The minimum Gasteiger partial charge on any atom is -0.468 e. The fraction of sp³-hybridized carbons (Fsp3) is 0.368. The molecular formula is C19H21F3N4O3. The van der Waals surface area contributed by atoms with Gasteiger partial charge in [-0.1, -0.05) is 13.8 Å². The van der Waals surface area contributed by atoms with Crippen LogP contribution in [0.1, 0.15) is 41.8 Å². The van der Waals surface area contributed by atoms with Crippen molar-refractivity contribution in [2.24, 2.45) is 0 Å².